The third-order valence-electron chi connectivity index (χ3n) is 3.14. The van der Waals surface area contributed by atoms with Gasteiger partial charge in [0.15, 0.2) is 0 Å². The van der Waals surface area contributed by atoms with Crippen molar-refractivity contribution in [3.63, 3.8) is 0 Å². The lowest BCUT2D eigenvalue weighted by Crippen LogP contribution is -2.03. The fourth-order valence-electron chi connectivity index (χ4n) is 2.08. The number of methoxy groups -OCH3 is 1. The van der Waals surface area contributed by atoms with Crippen molar-refractivity contribution in [1.82, 2.24) is 0 Å². The molecule has 0 spiro atoms. The monoisotopic (exact) mass is 282 g/mol. The molecule has 108 valence electrons. The Morgan fingerprint density at radius 3 is 2.76 bits per heavy atom. The van der Waals surface area contributed by atoms with Crippen molar-refractivity contribution in [2.75, 3.05) is 13.7 Å². The van der Waals surface area contributed by atoms with Crippen molar-refractivity contribution in [3.05, 3.63) is 59.2 Å². The van der Waals surface area contributed by atoms with E-state index < -0.39 is 0 Å². The molecule has 4 nitrogen and oxygen atoms in total. The fourth-order valence-corrected chi connectivity index (χ4v) is 2.08. The van der Waals surface area contributed by atoms with Gasteiger partial charge in [-0.25, -0.2) is 0 Å². The molecule has 0 fully saturated rings. The number of rotatable bonds is 6. The lowest BCUT2D eigenvalue weighted by molar-refractivity contribution is 0.296. The number of nitrogens with two attached hydrogens (primary N) is 1. The summed E-state index contributed by atoms with van der Waals surface area (Å²) in [7, 11) is 1.60. The molecule has 0 aromatic heterocycles. The van der Waals surface area contributed by atoms with Crippen molar-refractivity contribution in [2.45, 2.75) is 13.0 Å². The van der Waals surface area contributed by atoms with E-state index in [1.807, 2.05) is 24.3 Å². The first kappa shape index (κ1) is 14.9. The Hall–Kier alpha value is -2.51. The minimum Gasteiger partial charge on any atom is -0.496 e. The summed E-state index contributed by atoms with van der Waals surface area (Å²) in [5.74, 6) is 1.50. The van der Waals surface area contributed by atoms with Gasteiger partial charge in [0.25, 0.3) is 0 Å². The lowest BCUT2D eigenvalue weighted by atomic mass is 10.1. The second-order valence-electron chi connectivity index (χ2n) is 4.61. The zero-order chi connectivity index (χ0) is 15.1. The molecule has 0 bridgehead atoms. The second-order valence-corrected chi connectivity index (χ2v) is 4.61. The van der Waals surface area contributed by atoms with E-state index in [0.717, 1.165) is 23.3 Å². The molecule has 0 saturated carbocycles. The fraction of sp³-hybridized carbons (Fsp3) is 0.235. The van der Waals surface area contributed by atoms with Crippen molar-refractivity contribution in [1.29, 1.82) is 5.26 Å². The Balaban J connectivity index is 2.12. The summed E-state index contributed by atoms with van der Waals surface area (Å²) < 4.78 is 11.1. The van der Waals surface area contributed by atoms with Gasteiger partial charge in [-0.2, -0.15) is 5.26 Å². The molecule has 0 saturated heterocycles. The van der Waals surface area contributed by atoms with Crippen LogP contribution < -0.4 is 15.2 Å². The minimum atomic E-state index is 0.352. The van der Waals surface area contributed by atoms with Crippen LogP contribution in [-0.4, -0.2) is 13.7 Å². The molecule has 2 aromatic carbocycles. The molecule has 2 N–H and O–H groups in total. The Bertz CT molecular complexity index is 647. The highest BCUT2D eigenvalue weighted by molar-refractivity contribution is 5.42. The first-order chi connectivity index (χ1) is 10.3. The van der Waals surface area contributed by atoms with Crippen molar-refractivity contribution in [3.8, 4) is 17.6 Å². The minimum absolute atomic E-state index is 0.352. The lowest BCUT2D eigenvalue weighted by Gasteiger charge is -2.11. The zero-order valence-electron chi connectivity index (χ0n) is 12.0. The first-order valence-electron chi connectivity index (χ1n) is 6.75. The van der Waals surface area contributed by atoms with Gasteiger partial charge in [0, 0.05) is 5.56 Å². The Morgan fingerprint density at radius 1 is 1.19 bits per heavy atom. The average Bonchev–Trinajstić information content (AvgIpc) is 2.53. The maximum absolute atomic E-state index is 8.96. The normalized spacial score (nSPS) is 9.95. The molecule has 0 amide bonds. The number of nitrogens with zero attached hydrogens (tertiary/aromatic N) is 1. The summed E-state index contributed by atoms with van der Waals surface area (Å²) in [6.45, 7) is 0.965. The van der Waals surface area contributed by atoms with Crippen molar-refractivity contribution in [2.24, 2.45) is 5.73 Å². The molecule has 0 heterocycles. The van der Waals surface area contributed by atoms with Gasteiger partial charge in [0.1, 0.15) is 18.1 Å². The van der Waals surface area contributed by atoms with E-state index >= 15 is 0 Å². The molecule has 0 aliphatic heterocycles. The van der Waals surface area contributed by atoms with Crippen LogP contribution >= 0.6 is 0 Å². The molecule has 0 aliphatic rings. The summed E-state index contributed by atoms with van der Waals surface area (Å²) >= 11 is 0. The Labute approximate surface area is 124 Å². The van der Waals surface area contributed by atoms with Gasteiger partial charge in [-0.15, -0.1) is 0 Å². The summed E-state index contributed by atoms with van der Waals surface area (Å²) in [5.41, 5.74) is 8.14. The predicted molar refractivity (Wildman–Crippen MR) is 81.2 cm³/mol. The van der Waals surface area contributed by atoms with Crippen LogP contribution in [-0.2, 0) is 13.0 Å². The smallest absolute Gasteiger partial charge is 0.125 e. The zero-order valence-corrected chi connectivity index (χ0v) is 12.0. The molecular formula is C17H18N2O2. The van der Waals surface area contributed by atoms with Crippen LogP contribution in [0.5, 0.6) is 11.5 Å². The van der Waals surface area contributed by atoms with E-state index in [-0.39, 0.29) is 0 Å². The Morgan fingerprint density at radius 2 is 2.05 bits per heavy atom. The number of ether oxygens (including phenoxy) is 2. The van der Waals surface area contributed by atoms with Gasteiger partial charge in [-0.3, -0.25) is 0 Å². The number of nitriles is 1. The van der Waals surface area contributed by atoms with Gasteiger partial charge < -0.3 is 15.2 Å². The molecule has 0 radical (unpaired) electrons. The van der Waals surface area contributed by atoms with Crippen molar-refractivity contribution >= 4 is 0 Å². The molecule has 0 unspecified atom stereocenters. The van der Waals surface area contributed by atoms with E-state index in [2.05, 4.69) is 6.07 Å². The van der Waals surface area contributed by atoms with E-state index in [1.54, 1.807) is 25.3 Å². The topological polar surface area (TPSA) is 68.3 Å². The van der Waals surface area contributed by atoms with Gasteiger partial charge in [-0.05, 0) is 48.9 Å². The van der Waals surface area contributed by atoms with E-state index in [4.69, 9.17) is 20.5 Å². The number of hydrogen-bond donors (Lipinski definition) is 1. The molecule has 4 heteroatoms. The van der Waals surface area contributed by atoms with E-state index in [9.17, 15) is 0 Å². The standard InChI is InChI=1S/C17H18N2O2/c1-20-17-6-5-14(11-19)9-15(17)12-21-16-4-2-3-13(10-16)7-8-18/h2-6,9-10H,7-8,12,18H2,1H3. The van der Waals surface area contributed by atoms with Crippen LogP contribution in [0.2, 0.25) is 0 Å². The van der Waals surface area contributed by atoms with Gasteiger partial charge in [0.05, 0.1) is 18.7 Å². The average molecular weight is 282 g/mol. The summed E-state index contributed by atoms with van der Waals surface area (Å²) in [5, 5.41) is 8.96. The highest BCUT2D eigenvalue weighted by Crippen LogP contribution is 2.22. The Kier molecular flexibility index (Phi) is 5.19. The highest BCUT2D eigenvalue weighted by atomic mass is 16.5. The van der Waals surface area contributed by atoms with Gasteiger partial charge in [-0.1, -0.05) is 12.1 Å². The third kappa shape index (κ3) is 3.98. The van der Waals surface area contributed by atoms with Gasteiger partial charge >= 0.3 is 0 Å². The van der Waals surface area contributed by atoms with Crippen LogP contribution in [0.15, 0.2) is 42.5 Å². The van der Waals surface area contributed by atoms with E-state index in [1.165, 1.54) is 0 Å². The SMILES string of the molecule is COc1ccc(C#N)cc1COc1cccc(CCN)c1. The summed E-state index contributed by atoms with van der Waals surface area (Å²) in [6, 6.07) is 15.3. The van der Waals surface area contributed by atoms with Crippen LogP contribution in [0.1, 0.15) is 16.7 Å². The molecule has 2 rings (SSSR count). The molecular weight excluding hydrogens is 264 g/mol. The van der Waals surface area contributed by atoms with Crippen LogP contribution in [0.25, 0.3) is 0 Å². The third-order valence-corrected chi connectivity index (χ3v) is 3.14. The predicted octanol–water partition coefficient (Wildman–Crippen LogP) is 2.65. The van der Waals surface area contributed by atoms with Crippen LogP contribution in [0.4, 0.5) is 0 Å². The summed E-state index contributed by atoms with van der Waals surface area (Å²) in [6.07, 6.45) is 0.824. The van der Waals surface area contributed by atoms with Gasteiger partial charge in [0.2, 0.25) is 0 Å². The highest BCUT2D eigenvalue weighted by Gasteiger charge is 2.06. The number of hydrogen-bond acceptors (Lipinski definition) is 4. The maximum Gasteiger partial charge on any atom is 0.125 e. The van der Waals surface area contributed by atoms with Crippen LogP contribution in [0, 0.1) is 11.3 Å². The van der Waals surface area contributed by atoms with Crippen LogP contribution in [0.3, 0.4) is 0 Å². The maximum atomic E-state index is 8.96. The number of benzene rings is 2. The van der Waals surface area contributed by atoms with Crippen molar-refractivity contribution < 1.29 is 9.47 Å². The quantitative estimate of drug-likeness (QED) is 0.884. The molecule has 0 aliphatic carbocycles. The second kappa shape index (κ2) is 7.32. The largest absolute Gasteiger partial charge is 0.496 e. The molecule has 0 atom stereocenters. The molecule has 2 aromatic rings. The summed E-state index contributed by atoms with van der Waals surface area (Å²) in [4.78, 5) is 0. The molecule has 21 heavy (non-hydrogen) atoms. The first-order valence-corrected chi connectivity index (χ1v) is 6.75. The van der Waals surface area contributed by atoms with E-state index in [0.29, 0.717) is 24.5 Å².